The van der Waals surface area contributed by atoms with Crippen LogP contribution < -0.4 is 4.74 Å². The summed E-state index contributed by atoms with van der Waals surface area (Å²) >= 11 is 5.94. The second kappa shape index (κ2) is 4.86. The van der Waals surface area contributed by atoms with E-state index >= 15 is 0 Å². The number of rotatable bonds is 3. The number of ether oxygens (including phenoxy) is 1. The Morgan fingerprint density at radius 3 is 2.63 bits per heavy atom. The minimum atomic E-state index is 0.229. The largest absolute Gasteiger partial charge is 0.508 e. The predicted octanol–water partition coefficient (Wildman–Crippen LogP) is 4.11. The summed E-state index contributed by atoms with van der Waals surface area (Å²) in [4.78, 5) is 3.26. The Labute approximate surface area is 115 Å². The summed E-state index contributed by atoms with van der Waals surface area (Å²) in [5.74, 6) is 0.946. The number of phenolic OH excluding ortho intramolecular Hbond substituents is 1. The molecule has 2 N–H and O–H groups in total. The topological polar surface area (TPSA) is 45.2 Å². The summed E-state index contributed by atoms with van der Waals surface area (Å²) in [7, 11) is 0. The van der Waals surface area contributed by atoms with Crippen LogP contribution in [0.4, 0.5) is 0 Å². The molecule has 0 radical (unpaired) electrons. The molecule has 1 heterocycles. The molecule has 96 valence electrons. The summed E-state index contributed by atoms with van der Waals surface area (Å²) in [6, 6.07) is 14.4. The molecule has 0 saturated carbocycles. The minimum Gasteiger partial charge on any atom is -0.508 e. The Hall–Kier alpha value is -2.13. The summed E-state index contributed by atoms with van der Waals surface area (Å²) in [6.45, 7) is 0.442. The van der Waals surface area contributed by atoms with Gasteiger partial charge >= 0.3 is 0 Å². The fraction of sp³-hybridized carbons (Fsp3) is 0.0667. The number of H-pyrrole nitrogens is 1. The zero-order valence-electron chi connectivity index (χ0n) is 10.1. The molecule has 19 heavy (non-hydrogen) atoms. The predicted molar refractivity (Wildman–Crippen MR) is 75.7 cm³/mol. The van der Waals surface area contributed by atoms with E-state index in [0.29, 0.717) is 11.6 Å². The molecule has 0 aliphatic carbocycles. The van der Waals surface area contributed by atoms with Crippen LogP contribution in [0.25, 0.3) is 10.9 Å². The van der Waals surface area contributed by atoms with E-state index in [1.54, 1.807) is 24.3 Å². The Balaban J connectivity index is 1.76. The van der Waals surface area contributed by atoms with Crippen molar-refractivity contribution in [3.8, 4) is 11.5 Å². The second-order valence-corrected chi connectivity index (χ2v) is 4.75. The van der Waals surface area contributed by atoms with E-state index in [9.17, 15) is 5.11 Å². The summed E-state index contributed by atoms with van der Waals surface area (Å²) < 4.78 is 5.63. The van der Waals surface area contributed by atoms with Crippen LogP contribution in [0.3, 0.4) is 0 Å². The molecule has 2 aromatic carbocycles. The van der Waals surface area contributed by atoms with Crippen molar-refractivity contribution in [1.29, 1.82) is 0 Å². The van der Waals surface area contributed by atoms with Gasteiger partial charge in [0.05, 0.1) is 5.69 Å². The molecule has 0 saturated heterocycles. The molecule has 1 aromatic heterocycles. The Bertz CT molecular complexity index is 704. The van der Waals surface area contributed by atoms with Crippen LogP contribution in [0.5, 0.6) is 11.5 Å². The van der Waals surface area contributed by atoms with Gasteiger partial charge in [-0.2, -0.15) is 0 Å². The Kier molecular flexibility index (Phi) is 3.05. The van der Waals surface area contributed by atoms with Gasteiger partial charge in [-0.05, 0) is 47.9 Å². The molecular formula is C15H12ClNO2. The number of hydrogen-bond donors (Lipinski definition) is 2. The van der Waals surface area contributed by atoms with Crippen LogP contribution in [-0.2, 0) is 6.61 Å². The van der Waals surface area contributed by atoms with Crippen LogP contribution in [0.15, 0.2) is 48.5 Å². The molecule has 0 aliphatic rings. The zero-order chi connectivity index (χ0) is 13.2. The normalized spacial score (nSPS) is 10.8. The smallest absolute Gasteiger partial charge is 0.128 e. The lowest BCUT2D eigenvalue weighted by atomic mass is 10.2. The zero-order valence-corrected chi connectivity index (χ0v) is 10.8. The monoisotopic (exact) mass is 273 g/mol. The van der Waals surface area contributed by atoms with Crippen molar-refractivity contribution in [2.24, 2.45) is 0 Å². The summed E-state index contributed by atoms with van der Waals surface area (Å²) in [5, 5.41) is 11.0. The van der Waals surface area contributed by atoms with Gasteiger partial charge in [0.15, 0.2) is 0 Å². The number of nitrogens with one attached hydrogen (secondary N) is 1. The average molecular weight is 274 g/mol. The van der Waals surface area contributed by atoms with Crippen LogP contribution in [-0.4, -0.2) is 10.1 Å². The maximum absolute atomic E-state index is 9.19. The van der Waals surface area contributed by atoms with E-state index in [4.69, 9.17) is 16.3 Å². The molecule has 0 atom stereocenters. The van der Waals surface area contributed by atoms with Gasteiger partial charge in [0.25, 0.3) is 0 Å². The highest BCUT2D eigenvalue weighted by Crippen LogP contribution is 2.21. The van der Waals surface area contributed by atoms with Crippen LogP contribution >= 0.6 is 11.6 Å². The first-order valence-electron chi connectivity index (χ1n) is 5.90. The molecule has 0 bridgehead atoms. The quantitative estimate of drug-likeness (QED) is 0.754. The fourth-order valence-corrected chi connectivity index (χ4v) is 2.11. The number of hydrogen-bond acceptors (Lipinski definition) is 2. The Morgan fingerprint density at radius 1 is 1.05 bits per heavy atom. The van der Waals surface area contributed by atoms with E-state index in [0.717, 1.165) is 22.3 Å². The highest BCUT2D eigenvalue weighted by atomic mass is 35.5. The van der Waals surface area contributed by atoms with Crippen molar-refractivity contribution in [1.82, 2.24) is 4.98 Å². The molecule has 3 rings (SSSR count). The van der Waals surface area contributed by atoms with Gasteiger partial charge < -0.3 is 14.8 Å². The van der Waals surface area contributed by atoms with Crippen LogP contribution in [0, 0.1) is 0 Å². The van der Waals surface area contributed by atoms with Crippen LogP contribution in [0.2, 0.25) is 5.02 Å². The van der Waals surface area contributed by atoms with Crippen molar-refractivity contribution in [3.05, 3.63) is 59.2 Å². The van der Waals surface area contributed by atoms with Crippen molar-refractivity contribution >= 4 is 22.5 Å². The summed E-state index contributed by atoms with van der Waals surface area (Å²) in [5.41, 5.74) is 1.97. The number of phenols is 1. The van der Waals surface area contributed by atoms with Gasteiger partial charge in [-0.3, -0.25) is 0 Å². The van der Waals surface area contributed by atoms with Gasteiger partial charge in [-0.1, -0.05) is 17.7 Å². The maximum Gasteiger partial charge on any atom is 0.128 e. The number of aromatic hydroxyl groups is 1. The molecule has 0 fully saturated rings. The van der Waals surface area contributed by atoms with Gasteiger partial charge in [0.2, 0.25) is 0 Å². The Morgan fingerprint density at radius 2 is 1.84 bits per heavy atom. The van der Waals surface area contributed by atoms with Gasteiger partial charge in [0.1, 0.15) is 18.1 Å². The van der Waals surface area contributed by atoms with E-state index in [1.807, 2.05) is 24.3 Å². The first kappa shape index (κ1) is 11.9. The van der Waals surface area contributed by atoms with Crippen molar-refractivity contribution in [2.75, 3.05) is 0 Å². The highest BCUT2D eigenvalue weighted by Gasteiger charge is 2.02. The SMILES string of the molecule is Oc1ccc(OCc2cc3ccc(Cl)cc3[nH]2)cc1. The van der Waals surface area contributed by atoms with Gasteiger partial charge in [0, 0.05) is 10.5 Å². The second-order valence-electron chi connectivity index (χ2n) is 4.31. The number of benzene rings is 2. The molecule has 3 aromatic rings. The number of aromatic nitrogens is 1. The first-order valence-corrected chi connectivity index (χ1v) is 6.27. The fourth-order valence-electron chi connectivity index (χ4n) is 1.94. The number of halogens is 1. The van der Waals surface area contributed by atoms with E-state index in [2.05, 4.69) is 4.98 Å². The standard InChI is InChI=1S/C15H12ClNO2/c16-11-2-1-10-7-12(17-15(10)8-11)9-19-14-5-3-13(18)4-6-14/h1-8,17-18H,9H2. The number of aromatic amines is 1. The molecule has 0 aliphatic heterocycles. The molecule has 3 nitrogen and oxygen atoms in total. The lowest BCUT2D eigenvalue weighted by molar-refractivity contribution is 0.302. The molecular weight excluding hydrogens is 262 g/mol. The molecule has 0 spiro atoms. The highest BCUT2D eigenvalue weighted by molar-refractivity contribution is 6.31. The van der Waals surface area contributed by atoms with Crippen molar-refractivity contribution in [2.45, 2.75) is 6.61 Å². The lowest BCUT2D eigenvalue weighted by Gasteiger charge is -2.04. The van der Waals surface area contributed by atoms with E-state index in [-0.39, 0.29) is 5.75 Å². The van der Waals surface area contributed by atoms with Gasteiger partial charge in [-0.25, -0.2) is 0 Å². The lowest BCUT2D eigenvalue weighted by Crippen LogP contribution is -1.94. The van der Waals surface area contributed by atoms with Crippen LogP contribution in [0.1, 0.15) is 5.69 Å². The average Bonchev–Trinajstić information content (AvgIpc) is 2.80. The van der Waals surface area contributed by atoms with E-state index in [1.165, 1.54) is 0 Å². The molecule has 0 amide bonds. The summed E-state index contributed by atoms with van der Waals surface area (Å²) in [6.07, 6.45) is 0. The minimum absolute atomic E-state index is 0.229. The van der Waals surface area contributed by atoms with E-state index < -0.39 is 0 Å². The number of fused-ring (bicyclic) bond motifs is 1. The third-order valence-electron chi connectivity index (χ3n) is 2.87. The van der Waals surface area contributed by atoms with Crippen molar-refractivity contribution < 1.29 is 9.84 Å². The third-order valence-corrected chi connectivity index (χ3v) is 3.11. The molecule has 0 unspecified atom stereocenters. The molecule has 4 heteroatoms. The maximum atomic E-state index is 9.19. The van der Waals surface area contributed by atoms with Gasteiger partial charge in [-0.15, -0.1) is 0 Å². The van der Waals surface area contributed by atoms with Crippen molar-refractivity contribution in [3.63, 3.8) is 0 Å². The third kappa shape index (κ3) is 2.66. The first-order chi connectivity index (χ1) is 9.20.